The summed E-state index contributed by atoms with van der Waals surface area (Å²) in [5.41, 5.74) is 11.1. The smallest absolute Gasteiger partial charge is 0.406 e. The number of carbonyl (C=O) groups is 1. The first-order valence-electron chi connectivity index (χ1n) is 4.67. The summed E-state index contributed by atoms with van der Waals surface area (Å²) in [6.45, 7) is 0. The molecule has 1 aromatic rings. The molecule has 0 bridgehead atoms. The zero-order valence-electron chi connectivity index (χ0n) is 8.70. The number of carbonyl (C=O) groups excluding carboxylic acids is 1. The Morgan fingerprint density at radius 2 is 1.82 bits per heavy atom. The van der Waals surface area contributed by atoms with Gasteiger partial charge in [0.1, 0.15) is 5.75 Å². The van der Waals surface area contributed by atoms with Crippen LogP contribution in [0.4, 0.5) is 13.2 Å². The van der Waals surface area contributed by atoms with E-state index in [1.165, 1.54) is 12.1 Å². The summed E-state index contributed by atoms with van der Waals surface area (Å²) >= 11 is 0. The zero-order valence-corrected chi connectivity index (χ0v) is 8.70. The van der Waals surface area contributed by atoms with E-state index in [9.17, 15) is 18.0 Å². The van der Waals surface area contributed by atoms with E-state index in [1.54, 1.807) is 0 Å². The van der Waals surface area contributed by atoms with Gasteiger partial charge in [-0.3, -0.25) is 4.79 Å². The lowest BCUT2D eigenvalue weighted by Crippen LogP contribution is -2.20. The van der Waals surface area contributed by atoms with E-state index in [0.717, 1.165) is 12.1 Å². The molecule has 0 saturated heterocycles. The second kappa shape index (κ2) is 5.05. The molecule has 1 rings (SSSR count). The highest BCUT2D eigenvalue weighted by Crippen LogP contribution is 2.24. The highest BCUT2D eigenvalue weighted by atomic mass is 19.4. The summed E-state index contributed by atoms with van der Waals surface area (Å²) in [6, 6.07) is 4.34. The molecule has 4 N–H and O–H groups in total. The Bertz CT molecular complexity index is 390. The molecule has 0 radical (unpaired) electrons. The summed E-state index contributed by atoms with van der Waals surface area (Å²) in [5, 5.41) is 0. The first kappa shape index (κ1) is 13.3. The number of amides is 1. The quantitative estimate of drug-likeness (QED) is 0.846. The van der Waals surface area contributed by atoms with Crippen LogP contribution >= 0.6 is 0 Å². The van der Waals surface area contributed by atoms with Crippen LogP contribution in [0.3, 0.4) is 0 Å². The minimum Gasteiger partial charge on any atom is -0.406 e. The number of alkyl halides is 3. The Labute approximate surface area is 95.3 Å². The van der Waals surface area contributed by atoms with Crippen LogP contribution in [0.25, 0.3) is 0 Å². The highest BCUT2D eigenvalue weighted by molar-refractivity contribution is 5.74. The van der Waals surface area contributed by atoms with Crippen LogP contribution in [-0.2, 0) is 4.79 Å². The van der Waals surface area contributed by atoms with Gasteiger partial charge in [-0.25, -0.2) is 0 Å². The first-order chi connectivity index (χ1) is 7.78. The Hall–Kier alpha value is -1.76. The van der Waals surface area contributed by atoms with Gasteiger partial charge < -0.3 is 16.2 Å². The van der Waals surface area contributed by atoms with Crippen molar-refractivity contribution in [1.29, 1.82) is 0 Å². The Morgan fingerprint density at radius 1 is 1.29 bits per heavy atom. The van der Waals surface area contributed by atoms with Crippen LogP contribution in [0.2, 0.25) is 0 Å². The molecule has 1 aromatic carbocycles. The van der Waals surface area contributed by atoms with Crippen molar-refractivity contribution in [3.05, 3.63) is 29.8 Å². The fraction of sp³-hybridized carbons (Fsp3) is 0.300. The molecule has 1 atom stereocenters. The lowest BCUT2D eigenvalue weighted by molar-refractivity contribution is -0.274. The van der Waals surface area contributed by atoms with Crippen LogP contribution in [0.15, 0.2) is 24.3 Å². The number of hydrogen-bond acceptors (Lipinski definition) is 3. The maximum absolute atomic E-state index is 11.9. The molecule has 94 valence electrons. The van der Waals surface area contributed by atoms with E-state index in [0.29, 0.717) is 5.56 Å². The van der Waals surface area contributed by atoms with Crippen LogP contribution < -0.4 is 16.2 Å². The second-order valence-corrected chi connectivity index (χ2v) is 3.39. The predicted molar refractivity (Wildman–Crippen MR) is 53.9 cm³/mol. The molecule has 0 aliphatic carbocycles. The Kier molecular flexibility index (Phi) is 3.95. The summed E-state index contributed by atoms with van der Waals surface area (Å²) in [5.74, 6) is -0.916. The van der Waals surface area contributed by atoms with Gasteiger partial charge in [0.05, 0.1) is 0 Å². The molecule has 0 aliphatic heterocycles. The van der Waals surface area contributed by atoms with Crippen LogP contribution in [-0.4, -0.2) is 12.3 Å². The molecule has 0 saturated carbocycles. The largest absolute Gasteiger partial charge is 0.573 e. The fourth-order valence-electron chi connectivity index (χ4n) is 1.25. The van der Waals surface area contributed by atoms with Crippen molar-refractivity contribution in [2.75, 3.05) is 0 Å². The highest BCUT2D eigenvalue weighted by Gasteiger charge is 2.31. The number of rotatable bonds is 4. The molecule has 0 unspecified atom stereocenters. The number of primary amides is 1. The number of ether oxygens (including phenoxy) is 1. The van der Waals surface area contributed by atoms with Crippen LogP contribution in [0.1, 0.15) is 18.0 Å². The molecular formula is C10H11F3N2O2. The molecule has 0 aromatic heterocycles. The van der Waals surface area contributed by atoms with Crippen molar-refractivity contribution >= 4 is 5.91 Å². The van der Waals surface area contributed by atoms with Gasteiger partial charge in [0.15, 0.2) is 0 Å². The van der Waals surface area contributed by atoms with E-state index in [4.69, 9.17) is 11.5 Å². The molecule has 4 nitrogen and oxygen atoms in total. The first-order valence-corrected chi connectivity index (χ1v) is 4.67. The van der Waals surface area contributed by atoms with Crippen molar-refractivity contribution in [3.8, 4) is 5.75 Å². The van der Waals surface area contributed by atoms with Gasteiger partial charge in [-0.2, -0.15) is 0 Å². The van der Waals surface area contributed by atoms with Crippen LogP contribution in [0, 0.1) is 0 Å². The van der Waals surface area contributed by atoms with Gasteiger partial charge in [0.25, 0.3) is 0 Å². The topological polar surface area (TPSA) is 78.3 Å². The summed E-state index contributed by atoms with van der Waals surface area (Å²) < 4.78 is 39.3. The molecule has 1 amide bonds. The number of hydrogen-bond donors (Lipinski definition) is 2. The number of halogens is 3. The van der Waals surface area contributed by atoms with Gasteiger partial charge >= 0.3 is 6.36 Å². The maximum Gasteiger partial charge on any atom is 0.573 e. The Balaban J connectivity index is 2.71. The average Bonchev–Trinajstić information content (AvgIpc) is 2.15. The summed E-state index contributed by atoms with van der Waals surface area (Å²) in [7, 11) is 0. The van der Waals surface area contributed by atoms with Gasteiger partial charge in [-0.05, 0) is 17.7 Å². The van der Waals surface area contributed by atoms with E-state index in [1.807, 2.05) is 0 Å². The lowest BCUT2D eigenvalue weighted by Gasteiger charge is -2.12. The van der Waals surface area contributed by atoms with E-state index >= 15 is 0 Å². The monoisotopic (exact) mass is 248 g/mol. The molecule has 0 fully saturated rings. The third-order valence-corrected chi connectivity index (χ3v) is 1.96. The van der Waals surface area contributed by atoms with E-state index in [2.05, 4.69) is 4.74 Å². The van der Waals surface area contributed by atoms with Crippen molar-refractivity contribution in [1.82, 2.24) is 0 Å². The minimum atomic E-state index is -4.73. The third-order valence-electron chi connectivity index (χ3n) is 1.96. The van der Waals surface area contributed by atoms with Crippen molar-refractivity contribution in [2.45, 2.75) is 18.8 Å². The maximum atomic E-state index is 11.9. The number of benzene rings is 1. The average molecular weight is 248 g/mol. The standard InChI is InChI=1S/C10H11F3N2O2/c11-10(12,13)17-7-3-1-6(2-4-7)8(14)5-9(15)16/h1-4,8H,5,14H2,(H2,15,16)/t8-/m1/s1. The van der Waals surface area contributed by atoms with Gasteiger partial charge in [-0.15, -0.1) is 13.2 Å². The zero-order chi connectivity index (χ0) is 13.1. The summed E-state index contributed by atoms with van der Waals surface area (Å²) in [6.07, 6.45) is -4.80. The van der Waals surface area contributed by atoms with Crippen molar-refractivity contribution < 1.29 is 22.7 Å². The van der Waals surface area contributed by atoms with Gasteiger partial charge in [0.2, 0.25) is 5.91 Å². The molecule has 0 heterocycles. The van der Waals surface area contributed by atoms with Crippen molar-refractivity contribution in [2.24, 2.45) is 11.5 Å². The van der Waals surface area contributed by atoms with Crippen molar-refractivity contribution in [3.63, 3.8) is 0 Å². The lowest BCUT2D eigenvalue weighted by atomic mass is 10.0. The molecule has 0 aliphatic rings. The summed E-state index contributed by atoms with van der Waals surface area (Å²) in [4.78, 5) is 10.6. The normalized spacial score (nSPS) is 13.2. The van der Waals surface area contributed by atoms with E-state index < -0.39 is 18.3 Å². The predicted octanol–water partition coefficient (Wildman–Crippen LogP) is 1.46. The fourth-order valence-corrected chi connectivity index (χ4v) is 1.25. The molecule has 17 heavy (non-hydrogen) atoms. The van der Waals surface area contributed by atoms with E-state index in [-0.39, 0.29) is 12.2 Å². The van der Waals surface area contributed by atoms with Crippen LogP contribution in [0.5, 0.6) is 5.75 Å². The third kappa shape index (κ3) is 4.73. The second-order valence-electron chi connectivity index (χ2n) is 3.39. The SMILES string of the molecule is NC(=O)C[C@@H](N)c1ccc(OC(F)(F)F)cc1. The molecule has 7 heteroatoms. The molecule has 0 spiro atoms. The minimum absolute atomic E-state index is 0.0700. The molecular weight excluding hydrogens is 237 g/mol. The van der Waals surface area contributed by atoms with Gasteiger partial charge in [0, 0.05) is 12.5 Å². The van der Waals surface area contributed by atoms with Gasteiger partial charge in [-0.1, -0.05) is 12.1 Å². The number of nitrogens with two attached hydrogens (primary N) is 2. The Morgan fingerprint density at radius 3 is 2.24 bits per heavy atom.